The van der Waals surface area contributed by atoms with Crippen molar-refractivity contribution in [1.29, 1.82) is 0 Å². The molecule has 1 unspecified atom stereocenters. The molecule has 4 amide bonds. The van der Waals surface area contributed by atoms with E-state index >= 15 is 0 Å². The summed E-state index contributed by atoms with van der Waals surface area (Å²) in [6.45, 7) is 12.8. The van der Waals surface area contributed by atoms with Crippen molar-refractivity contribution < 1.29 is 19.2 Å². The van der Waals surface area contributed by atoms with Crippen molar-refractivity contribution >= 4 is 23.6 Å². The van der Waals surface area contributed by atoms with E-state index in [2.05, 4.69) is 62.8 Å². The van der Waals surface area contributed by atoms with Gasteiger partial charge in [-0.05, 0) is 49.5 Å². The quantitative estimate of drug-likeness (QED) is 0.173. The molecule has 0 aromatic carbocycles. The van der Waals surface area contributed by atoms with Crippen molar-refractivity contribution in [2.24, 2.45) is 23.0 Å². The standard InChI is InChI=1S/C32H61N5O4/c1-7-8-9-10-11-12-13-14-15-18-24-21-26(38)34-22-27(39)36-25(19-16-17-20-33)30(40)37-29(31(41)35-24)28(23(2)3)32(4,5)6/h23-25,28-29H,7-22,33H2,1-6H3,(H,34,38)(H,35,41)(H,36,39)(H,37,40)/t24-,25+,28?,29-/m1/s1. The Kier molecular flexibility index (Phi) is 17.9. The molecule has 0 saturated carbocycles. The smallest absolute Gasteiger partial charge is 0.243 e. The Hall–Kier alpha value is -2.16. The van der Waals surface area contributed by atoms with Gasteiger partial charge in [0.25, 0.3) is 0 Å². The van der Waals surface area contributed by atoms with Gasteiger partial charge in [-0.2, -0.15) is 0 Å². The molecule has 0 bridgehead atoms. The maximum atomic E-state index is 13.9. The molecule has 0 aromatic heterocycles. The Balaban J connectivity index is 3.10. The summed E-state index contributed by atoms with van der Waals surface area (Å²) >= 11 is 0. The molecule has 0 aliphatic carbocycles. The molecule has 1 aliphatic heterocycles. The van der Waals surface area contributed by atoms with Gasteiger partial charge >= 0.3 is 0 Å². The zero-order valence-corrected chi connectivity index (χ0v) is 26.9. The number of unbranched alkanes of at least 4 members (excludes halogenated alkanes) is 9. The molecule has 1 rings (SSSR count). The van der Waals surface area contributed by atoms with Crippen LogP contribution in [0.4, 0.5) is 0 Å². The van der Waals surface area contributed by atoms with Crippen molar-refractivity contribution in [2.45, 2.75) is 150 Å². The Morgan fingerprint density at radius 3 is 1.90 bits per heavy atom. The van der Waals surface area contributed by atoms with Gasteiger partial charge in [0.15, 0.2) is 0 Å². The Bertz CT molecular complexity index is 795. The fourth-order valence-corrected chi connectivity index (χ4v) is 6.16. The molecule has 0 aromatic rings. The summed E-state index contributed by atoms with van der Waals surface area (Å²) in [5, 5.41) is 11.6. The van der Waals surface area contributed by atoms with Gasteiger partial charge in [-0.25, -0.2) is 0 Å². The maximum absolute atomic E-state index is 13.9. The van der Waals surface area contributed by atoms with Crippen LogP contribution in [-0.4, -0.2) is 54.8 Å². The van der Waals surface area contributed by atoms with Crippen LogP contribution in [0, 0.1) is 17.3 Å². The Morgan fingerprint density at radius 2 is 1.34 bits per heavy atom. The van der Waals surface area contributed by atoms with E-state index in [0.29, 0.717) is 25.8 Å². The highest BCUT2D eigenvalue weighted by molar-refractivity contribution is 5.94. The zero-order valence-electron chi connectivity index (χ0n) is 26.9. The third kappa shape index (κ3) is 15.0. The number of hydrogen-bond donors (Lipinski definition) is 5. The van der Waals surface area contributed by atoms with Crippen molar-refractivity contribution in [1.82, 2.24) is 21.3 Å². The van der Waals surface area contributed by atoms with E-state index in [1.165, 1.54) is 38.5 Å². The van der Waals surface area contributed by atoms with Gasteiger partial charge in [-0.15, -0.1) is 0 Å². The average molecular weight is 580 g/mol. The van der Waals surface area contributed by atoms with Gasteiger partial charge < -0.3 is 27.0 Å². The van der Waals surface area contributed by atoms with Crippen molar-refractivity contribution in [3.05, 3.63) is 0 Å². The summed E-state index contributed by atoms with van der Waals surface area (Å²) in [4.78, 5) is 52.9. The number of carbonyl (C=O) groups is 4. The predicted molar refractivity (Wildman–Crippen MR) is 166 cm³/mol. The van der Waals surface area contributed by atoms with Crippen molar-refractivity contribution in [2.75, 3.05) is 13.1 Å². The minimum Gasteiger partial charge on any atom is -0.351 e. The fourth-order valence-electron chi connectivity index (χ4n) is 6.16. The van der Waals surface area contributed by atoms with Crippen LogP contribution in [0.5, 0.6) is 0 Å². The second-order valence-corrected chi connectivity index (χ2v) is 13.3. The highest BCUT2D eigenvalue weighted by atomic mass is 16.2. The summed E-state index contributed by atoms with van der Waals surface area (Å²) in [5.74, 6) is -1.43. The molecule has 6 N–H and O–H groups in total. The highest BCUT2D eigenvalue weighted by Crippen LogP contribution is 2.35. The minimum atomic E-state index is -0.812. The van der Waals surface area contributed by atoms with E-state index in [0.717, 1.165) is 25.7 Å². The fraction of sp³-hybridized carbons (Fsp3) is 0.875. The molecule has 41 heavy (non-hydrogen) atoms. The normalized spacial score (nSPS) is 22.1. The SMILES string of the molecule is CCCCCCCCCCC[C@@H]1CC(=O)NCC(=O)N[C@@H](CCCCN)C(=O)N[C@H](C(C(C)C)C(C)(C)C)C(=O)N1. The zero-order chi connectivity index (χ0) is 30.8. The number of nitrogens with two attached hydrogens (primary N) is 1. The van der Waals surface area contributed by atoms with E-state index in [4.69, 9.17) is 5.73 Å². The van der Waals surface area contributed by atoms with Crippen LogP contribution < -0.4 is 27.0 Å². The van der Waals surface area contributed by atoms with E-state index in [1.807, 2.05) is 0 Å². The van der Waals surface area contributed by atoms with Crippen LogP contribution in [0.25, 0.3) is 0 Å². The first-order chi connectivity index (χ1) is 19.4. The molecular formula is C32H61N5O4. The molecule has 0 radical (unpaired) electrons. The second-order valence-electron chi connectivity index (χ2n) is 13.3. The second kappa shape index (κ2) is 19.9. The van der Waals surface area contributed by atoms with Gasteiger partial charge in [-0.1, -0.05) is 99.3 Å². The van der Waals surface area contributed by atoms with E-state index in [1.54, 1.807) is 0 Å². The summed E-state index contributed by atoms with van der Waals surface area (Å²) in [6.07, 6.45) is 13.2. The number of carbonyl (C=O) groups excluding carboxylic acids is 4. The molecule has 1 saturated heterocycles. The Morgan fingerprint density at radius 1 is 0.756 bits per heavy atom. The third-order valence-corrected chi connectivity index (χ3v) is 8.14. The van der Waals surface area contributed by atoms with Gasteiger partial charge in [0.2, 0.25) is 23.6 Å². The lowest BCUT2D eigenvalue weighted by Crippen LogP contribution is -2.60. The number of rotatable bonds is 16. The summed E-state index contributed by atoms with van der Waals surface area (Å²) < 4.78 is 0. The topological polar surface area (TPSA) is 142 Å². The first-order valence-electron chi connectivity index (χ1n) is 16.3. The van der Waals surface area contributed by atoms with Gasteiger partial charge in [-0.3, -0.25) is 19.2 Å². The van der Waals surface area contributed by atoms with Crippen LogP contribution in [0.3, 0.4) is 0 Å². The lowest BCUT2D eigenvalue weighted by Gasteiger charge is -2.40. The molecule has 1 fully saturated rings. The lowest BCUT2D eigenvalue weighted by molar-refractivity contribution is -0.134. The van der Waals surface area contributed by atoms with Crippen LogP contribution in [0.15, 0.2) is 0 Å². The summed E-state index contributed by atoms with van der Waals surface area (Å²) in [5.41, 5.74) is 5.37. The van der Waals surface area contributed by atoms with Crippen LogP contribution in [-0.2, 0) is 19.2 Å². The van der Waals surface area contributed by atoms with Crippen LogP contribution in [0.2, 0.25) is 0 Å². The third-order valence-electron chi connectivity index (χ3n) is 8.14. The number of hydrogen-bond acceptors (Lipinski definition) is 5. The Labute approximate surface area is 249 Å². The molecule has 238 valence electrons. The van der Waals surface area contributed by atoms with Crippen LogP contribution in [0.1, 0.15) is 131 Å². The van der Waals surface area contributed by atoms with Gasteiger partial charge in [0, 0.05) is 12.5 Å². The maximum Gasteiger partial charge on any atom is 0.243 e. The first-order valence-corrected chi connectivity index (χ1v) is 16.3. The van der Waals surface area contributed by atoms with Crippen LogP contribution >= 0.6 is 0 Å². The van der Waals surface area contributed by atoms with Gasteiger partial charge in [0.05, 0.1) is 6.54 Å². The molecule has 1 heterocycles. The first kappa shape index (κ1) is 36.9. The number of nitrogens with one attached hydrogen (secondary N) is 4. The average Bonchev–Trinajstić information content (AvgIpc) is 2.88. The largest absolute Gasteiger partial charge is 0.351 e. The van der Waals surface area contributed by atoms with Crippen molar-refractivity contribution in [3.8, 4) is 0 Å². The molecule has 0 spiro atoms. The molecule has 9 nitrogen and oxygen atoms in total. The number of amides is 4. The van der Waals surface area contributed by atoms with Gasteiger partial charge in [0.1, 0.15) is 12.1 Å². The van der Waals surface area contributed by atoms with E-state index in [9.17, 15) is 19.2 Å². The molecular weight excluding hydrogens is 518 g/mol. The highest BCUT2D eigenvalue weighted by Gasteiger charge is 2.41. The summed E-state index contributed by atoms with van der Waals surface area (Å²) in [7, 11) is 0. The molecule has 1 aliphatic rings. The van der Waals surface area contributed by atoms with E-state index < -0.39 is 18.0 Å². The predicted octanol–water partition coefficient (Wildman–Crippen LogP) is 4.33. The summed E-state index contributed by atoms with van der Waals surface area (Å²) in [6, 6.07) is -1.98. The molecule has 9 heteroatoms. The molecule has 4 atom stereocenters. The van der Waals surface area contributed by atoms with Crippen molar-refractivity contribution in [3.63, 3.8) is 0 Å². The van der Waals surface area contributed by atoms with E-state index in [-0.39, 0.29) is 54.0 Å². The monoisotopic (exact) mass is 579 g/mol. The minimum absolute atomic E-state index is 0.0957. The lowest BCUT2D eigenvalue weighted by atomic mass is 9.70.